The first-order valence-electron chi connectivity index (χ1n) is 4.92. The molecular formula is C13H16O. The summed E-state index contributed by atoms with van der Waals surface area (Å²) in [5.74, 6) is 6.16. The number of rotatable bonds is 3. The first-order valence-corrected chi connectivity index (χ1v) is 4.92. The fraction of sp³-hybridized carbons (Fsp3) is 0.385. The van der Waals surface area contributed by atoms with Crippen molar-refractivity contribution in [3.05, 3.63) is 35.9 Å². The lowest BCUT2D eigenvalue weighted by molar-refractivity contribution is 0.108. The zero-order chi connectivity index (χ0) is 10.2. The van der Waals surface area contributed by atoms with E-state index in [1.165, 1.54) is 5.56 Å². The highest BCUT2D eigenvalue weighted by atomic mass is 16.5. The van der Waals surface area contributed by atoms with Gasteiger partial charge in [0.05, 0.1) is 6.10 Å². The molecule has 0 bridgehead atoms. The van der Waals surface area contributed by atoms with E-state index in [1.807, 2.05) is 18.2 Å². The van der Waals surface area contributed by atoms with Gasteiger partial charge >= 0.3 is 0 Å². The average Bonchev–Trinajstić information content (AvgIpc) is 2.26. The Morgan fingerprint density at radius 1 is 1.21 bits per heavy atom. The number of hydrogen-bond donors (Lipinski definition) is 0. The molecule has 0 saturated heterocycles. The van der Waals surface area contributed by atoms with E-state index in [2.05, 4.69) is 30.9 Å². The molecule has 1 rings (SSSR count). The smallest absolute Gasteiger partial charge is 0.0930 e. The van der Waals surface area contributed by atoms with Crippen LogP contribution in [0.3, 0.4) is 0 Å². The van der Waals surface area contributed by atoms with Crippen molar-refractivity contribution in [3.63, 3.8) is 0 Å². The summed E-state index contributed by atoms with van der Waals surface area (Å²) in [6, 6.07) is 10.2. The Labute approximate surface area is 86.1 Å². The standard InChI is InChI=1S/C13H16O/c1-3-4-6-11-13(14-2)12-9-7-5-8-10-12/h5,7-10,13H,3,11H2,1-2H3. The van der Waals surface area contributed by atoms with Crippen molar-refractivity contribution in [1.29, 1.82) is 0 Å². The highest BCUT2D eigenvalue weighted by Gasteiger charge is 2.06. The van der Waals surface area contributed by atoms with Gasteiger partial charge in [0.1, 0.15) is 0 Å². The number of hydrogen-bond acceptors (Lipinski definition) is 1. The van der Waals surface area contributed by atoms with Gasteiger partial charge in [0, 0.05) is 20.0 Å². The van der Waals surface area contributed by atoms with Crippen LogP contribution in [0.15, 0.2) is 30.3 Å². The predicted octanol–water partition coefficient (Wildman–Crippen LogP) is 3.18. The topological polar surface area (TPSA) is 9.23 Å². The van der Waals surface area contributed by atoms with Gasteiger partial charge in [0.2, 0.25) is 0 Å². The summed E-state index contributed by atoms with van der Waals surface area (Å²) in [6.07, 6.45) is 1.79. The van der Waals surface area contributed by atoms with Gasteiger partial charge in [-0.15, -0.1) is 11.8 Å². The van der Waals surface area contributed by atoms with Crippen LogP contribution in [0.1, 0.15) is 31.4 Å². The lowest BCUT2D eigenvalue weighted by Gasteiger charge is -2.11. The molecule has 1 aromatic carbocycles. The molecule has 1 heteroatoms. The van der Waals surface area contributed by atoms with Gasteiger partial charge in [-0.05, 0) is 5.56 Å². The quantitative estimate of drug-likeness (QED) is 0.662. The lowest BCUT2D eigenvalue weighted by atomic mass is 10.1. The van der Waals surface area contributed by atoms with Crippen LogP contribution in [0.5, 0.6) is 0 Å². The Hall–Kier alpha value is -1.26. The number of benzene rings is 1. The normalized spacial score (nSPS) is 11.6. The molecule has 0 radical (unpaired) electrons. The molecule has 0 fully saturated rings. The second-order valence-electron chi connectivity index (χ2n) is 3.05. The summed E-state index contributed by atoms with van der Waals surface area (Å²) in [5, 5.41) is 0. The molecule has 0 amide bonds. The highest BCUT2D eigenvalue weighted by molar-refractivity contribution is 5.19. The summed E-state index contributed by atoms with van der Waals surface area (Å²) >= 11 is 0. The minimum atomic E-state index is 0.107. The van der Waals surface area contributed by atoms with Crippen molar-refractivity contribution in [2.24, 2.45) is 0 Å². The Balaban J connectivity index is 2.63. The molecule has 0 aromatic heterocycles. The van der Waals surface area contributed by atoms with Gasteiger partial charge in [0.15, 0.2) is 0 Å². The van der Waals surface area contributed by atoms with Gasteiger partial charge in [0.25, 0.3) is 0 Å². The lowest BCUT2D eigenvalue weighted by Crippen LogP contribution is -1.99. The zero-order valence-corrected chi connectivity index (χ0v) is 8.79. The van der Waals surface area contributed by atoms with Gasteiger partial charge in [-0.3, -0.25) is 0 Å². The fourth-order valence-corrected chi connectivity index (χ4v) is 1.29. The Kier molecular flexibility index (Phi) is 4.82. The van der Waals surface area contributed by atoms with E-state index in [1.54, 1.807) is 7.11 Å². The minimum absolute atomic E-state index is 0.107. The molecule has 1 aromatic rings. The summed E-state index contributed by atoms with van der Waals surface area (Å²) < 4.78 is 5.38. The molecule has 0 heterocycles. The van der Waals surface area contributed by atoms with E-state index < -0.39 is 0 Å². The molecule has 1 nitrogen and oxygen atoms in total. The van der Waals surface area contributed by atoms with E-state index in [0.717, 1.165) is 12.8 Å². The molecule has 0 aliphatic rings. The van der Waals surface area contributed by atoms with Crippen LogP contribution in [0.4, 0.5) is 0 Å². The van der Waals surface area contributed by atoms with Crippen molar-refractivity contribution in [2.75, 3.05) is 7.11 Å². The monoisotopic (exact) mass is 188 g/mol. The number of ether oxygens (including phenoxy) is 1. The van der Waals surface area contributed by atoms with Gasteiger partial charge < -0.3 is 4.74 Å². The summed E-state index contributed by atoms with van der Waals surface area (Å²) in [7, 11) is 1.73. The minimum Gasteiger partial charge on any atom is -0.376 e. The summed E-state index contributed by atoms with van der Waals surface area (Å²) in [6.45, 7) is 2.05. The first-order chi connectivity index (χ1) is 6.88. The fourth-order valence-electron chi connectivity index (χ4n) is 1.29. The van der Waals surface area contributed by atoms with Crippen LogP contribution < -0.4 is 0 Å². The number of methoxy groups -OCH3 is 1. The van der Waals surface area contributed by atoms with Crippen LogP contribution in [0.25, 0.3) is 0 Å². The van der Waals surface area contributed by atoms with Crippen molar-refractivity contribution in [1.82, 2.24) is 0 Å². The second kappa shape index (κ2) is 6.23. The predicted molar refractivity (Wildman–Crippen MR) is 58.9 cm³/mol. The Morgan fingerprint density at radius 2 is 1.93 bits per heavy atom. The van der Waals surface area contributed by atoms with E-state index in [0.29, 0.717) is 0 Å². The first kappa shape index (κ1) is 10.8. The van der Waals surface area contributed by atoms with Gasteiger partial charge in [-0.1, -0.05) is 37.3 Å². The molecule has 0 aliphatic carbocycles. The SMILES string of the molecule is CCC#CCC(OC)c1ccccc1. The average molecular weight is 188 g/mol. The van der Waals surface area contributed by atoms with Crippen molar-refractivity contribution < 1.29 is 4.74 Å². The van der Waals surface area contributed by atoms with E-state index in [4.69, 9.17) is 4.74 Å². The van der Waals surface area contributed by atoms with Crippen LogP contribution >= 0.6 is 0 Å². The molecule has 0 saturated carbocycles. The third kappa shape index (κ3) is 3.24. The van der Waals surface area contributed by atoms with E-state index in [9.17, 15) is 0 Å². The molecule has 0 N–H and O–H groups in total. The molecule has 74 valence electrons. The Bertz CT molecular complexity index is 305. The zero-order valence-electron chi connectivity index (χ0n) is 8.79. The van der Waals surface area contributed by atoms with Crippen LogP contribution in [0.2, 0.25) is 0 Å². The van der Waals surface area contributed by atoms with Gasteiger partial charge in [-0.2, -0.15) is 0 Å². The summed E-state index contributed by atoms with van der Waals surface area (Å²) in [4.78, 5) is 0. The largest absolute Gasteiger partial charge is 0.376 e. The van der Waals surface area contributed by atoms with Crippen molar-refractivity contribution in [3.8, 4) is 11.8 Å². The summed E-state index contributed by atoms with van der Waals surface area (Å²) in [5.41, 5.74) is 1.19. The highest BCUT2D eigenvalue weighted by Crippen LogP contribution is 2.18. The molecule has 1 unspecified atom stereocenters. The van der Waals surface area contributed by atoms with Crippen molar-refractivity contribution >= 4 is 0 Å². The maximum atomic E-state index is 5.38. The maximum Gasteiger partial charge on any atom is 0.0930 e. The Morgan fingerprint density at radius 3 is 2.50 bits per heavy atom. The maximum absolute atomic E-state index is 5.38. The van der Waals surface area contributed by atoms with E-state index >= 15 is 0 Å². The molecule has 1 atom stereocenters. The molecule has 14 heavy (non-hydrogen) atoms. The van der Waals surface area contributed by atoms with Crippen LogP contribution in [0, 0.1) is 11.8 Å². The van der Waals surface area contributed by atoms with E-state index in [-0.39, 0.29) is 6.10 Å². The van der Waals surface area contributed by atoms with Crippen molar-refractivity contribution in [2.45, 2.75) is 25.9 Å². The van der Waals surface area contributed by atoms with Crippen LogP contribution in [-0.2, 0) is 4.74 Å². The van der Waals surface area contributed by atoms with Gasteiger partial charge in [-0.25, -0.2) is 0 Å². The third-order valence-corrected chi connectivity index (χ3v) is 2.05. The van der Waals surface area contributed by atoms with Crippen LogP contribution in [-0.4, -0.2) is 7.11 Å². The second-order valence-corrected chi connectivity index (χ2v) is 3.05. The molecule has 0 spiro atoms. The third-order valence-electron chi connectivity index (χ3n) is 2.05. The molecular weight excluding hydrogens is 172 g/mol. The molecule has 0 aliphatic heterocycles.